The van der Waals surface area contributed by atoms with Crippen molar-refractivity contribution in [3.8, 4) is 0 Å². The van der Waals surface area contributed by atoms with Crippen molar-refractivity contribution < 1.29 is 0 Å². The van der Waals surface area contributed by atoms with Gasteiger partial charge in [0.05, 0.1) is 6.54 Å². The average molecular weight is 290 g/mol. The second-order valence-corrected chi connectivity index (χ2v) is 6.20. The predicted octanol–water partition coefficient (Wildman–Crippen LogP) is 3.76. The quantitative estimate of drug-likeness (QED) is 0.850. The summed E-state index contributed by atoms with van der Waals surface area (Å²) in [5, 5.41) is 6.59. The van der Waals surface area contributed by atoms with E-state index in [4.69, 9.17) is 0 Å². The van der Waals surface area contributed by atoms with Gasteiger partial charge in [-0.25, -0.2) is 9.97 Å². The first-order chi connectivity index (χ1) is 9.65. The number of nitrogens with one attached hydrogen (secondary N) is 2. The first-order valence-corrected chi connectivity index (χ1v) is 7.78. The van der Waals surface area contributed by atoms with Crippen molar-refractivity contribution in [2.45, 2.75) is 40.2 Å². The first-order valence-electron chi connectivity index (χ1n) is 6.97. The predicted molar refractivity (Wildman–Crippen MR) is 86.7 cm³/mol. The van der Waals surface area contributed by atoms with Crippen LogP contribution in [0.5, 0.6) is 0 Å². The summed E-state index contributed by atoms with van der Waals surface area (Å²) >= 11 is 1.84. The summed E-state index contributed by atoms with van der Waals surface area (Å²) < 4.78 is 0. The van der Waals surface area contributed by atoms with Gasteiger partial charge in [-0.15, -0.1) is 11.3 Å². The Morgan fingerprint density at radius 3 is 2.55 bits per heavy atom. The minimum absolute atomic E-state index is 0.816. The second-order valence-electron chi connectivity index (χ2n) is 4.85. The van der Waals surface area contributed by atoms with Gasteiger partial charge in [0.1, 0.15) is 18.0 Å². The number of aryl methyl sites for hydroxylation is 2. The molecule has 0 saturated carbocycles. The highest BCUT2D eigenvalue weighted by Gasteiger charge is 2.10. The Labute approximate surface area is 124 Å². The van der Waals surface area contributed by atoms with Crippen LogP contribution in [0, 0.1) is 13.8 Å². The highest BCUT2D eigenvalue weighted by Crippen LogP contribution is 2.24. The van der Waals surface area contributed by atoms with Gasteiger partial charge in [0.15, 0.2) is 0 Å². The van der Waals surface area contributed by atoms with Crippen molar-refractivity contribution in [2.75, 3.05) is 17.7 Å². The van der Waals surface area contributed by atoms with Crippen molar-refractivity contribution in [1.29, 1.82) is 0 Å². The van der Waals surface area contributed by atoms with Gasteiger partial charge in [-0.3, -0.25) is 0 Å². The summed E-state index contributed by atoms with van der Waals surface area (Å²) in [5.41, 5.74) is 2.53. The molecule has 0 spiro atoms. The highest BCUT2D eigenvalue weighted by atomic mass is 32.1. The third kappa shape index (κ3) is 3.28. The Balaban J connectivity index is 2.16. The number of nitrogens with zero attached hydrogens (tertiary/aromatic N) is 2. The number of aromatic nitrogens is 2. The topological polar surface area (TPSA) is 49.8 Å². The molecule has 0 bridgehead atoms. The SMILES string of the molecule is CCCc1c(NC)ncnc1NCc1cc(C)c(C)s1. The van der Waals surface area contributed by atoms with Crippen molar-refractivity contribution in [1.82, 2.24) is 9.97 Å². The van der Waals surface area contributed by atoms with Gasteiger partial charge in [0.2, 0.25) is 0 Å². The van der Waals surface area contributed by atoms with E-state index in [1.165, 1.54) is 20.9 Å². The highest BCUT2D eigenvalue weighted by molar-refractivity contribution is 7.12. The molecule has 0 aromatic carbocycles. The molecule has 2 aromatic heterocycles. The monoisotopic (exact) mass is 290 g/mol. The van der Waals surface area contributed by atoms with Crippen LogP contribution in [-0.4, -0.2) is 17.0 Å². The number of anilines is 2. The number of rotatable bonds is 6. The lowest BCUT2D eigenvalue weighted by molar-refractivity contribution is 0.899. The van der Waals surface area contributed by atoms with Crippen LogP contribution >= 0.6 is 11.3 Å². The van der Waals surface area contributed by atoms with Crippen LogP contribution in [0.2, 0.25) is 0 Å². The molecular formula is C15H22N4S. The van der Waals surface area contributed by atoms with Gasteiger partial charge in [-0.1, -0.05) is 13.3 Å². The molecule has 0 unspecified atom stereocenters. The lowest BCUT2D eigenvalue weighted by atomic mass is 10.1. The van der Waals surface area contributed by atoms with Crippen molar-refractivity contribution in [3.63, 3.8) is 0 Å². The minimum Gasteiger partial charge on any atom is -0.373 e. The molecule has 2 N–H and O–H groups in total. The molecule has 0 fully saturated rings. The maximum absolute atomic E-state index is 4.39. The number of hydrogen-bond donors (Lipinski definition) is 2. The van der Waals surface area contributed by atoms with E-state index in [1.54, 1.807) is 6.33 Å². The van der Waals surface area contributed by atoms with Gasteiger partial charge in [0, 0.05) is 22.4 Å². The van der Waals surface area contributed by atoms with E-state index in [1.807, 2.05) is 18.4 Å². The third-order valence-corrected chi connectivity index (χ3v) is 4.48. The summed E-state index contributed by atoms with van der Waals surface area (Å²) in [6.45, 7) is 7.30. The molecule has 0 radical (unpaired) electrons. The number of hydrogen-bond acceptors (Lipinski definition) is 5. The third-order valence-electron chi connectivity index (χ3n) is 3.33. The molecule has 0 aliphatic carbocycles. The van der Waals surface area contributed by atoms with Gasteiger partial charge < -0.3 is 10.6 Å². The molecule has 0 aliphatic heterocycles. The number of thiophene rings is 1. The molecule has 20 heavy (non-hydrogen) atoms. The normalized spacial score (nSPS) is 10.6. The maximum atomic E-state index is 4.39. The molecule has 5 heteroatoms. The fourth-order valence-electron chi connectivity index (χ4n) is 2.17. The maximum Gasteiger partial charge on any atom is 0.135 e. The smallest absolute Gasteiger partial charge is 0.135 e. The summed E-state index contributed by atoms with van der Waals surface area (Å²) in [5.74, 6) is 1.86. The molecule has 2 aromatic rings. The lowest BCUT2D eigenvalue weighted by Crippen LogP contribution is -2.08. The lowest BCUT2D eigenvalue weighted by Gasteiger charge is -2.13. The molecule has 4 nitrogen and oxygen atoms in total. The largest absolute Gasteiger partial charge is 0.373 e. The Morgan fingerprint density at radius 2 is 1.95 bits per heavy atom. The fraction of sp³-hybridized carbons (Fsp3) is 0.467. The molecule has 2 rings (SSSR count). The molecule has 0 atom stereocenters. The first kappa shape index (κ1) is 14.8. The Hall–Kier alpha value is -1.62. The molecule has 108 valence electrons. The minimum atomic E-state index is 0.816. The molecule has 2 heterocycles. The Kier molecular flexibility index (Phi) is 4.95. The van der Waals surface area contributed by atoms with Crippen LogP contribution in [0.4, 0.5) is 11.6 Å². The van der Waals surface area contributed by atoms with Crippen molar-refractivity contribution in [2.24, 2.45) is 0 Å². The van der Waals surface area contributed by atoms with E-state index in [2.05, 4.69) is 47.4 Å². The zero-order chi connectivity index (χ0) is 14.5. The van der Waals surface area contributed by atoms with E-state index in [0.717, 1.165) is 31.0 Å². The van der Waals surface area contributed by atoms with E-state index in [9.17, 15) is 0 Å². The zero-order valence-electron chi connectivity index (χ0n) is 12.6. The van der Waals surface area contributed by atoms with Crippen LogP contribution in [0.15, 0.2) is 12.4 Å². The molecule has 0 aliphatic rings. The van der Waals surface area contributed by atoms with E-state index in [-0.39, 0.29) is 0 Å². The van der Waals surface area contributed by atoms with Gasteiger partial charge in [-0.2, -0.15) is 0 Å². The van der Waals surface area contributed by atoms with Crippen LogP contribution in [0.3, 0.4) is 0 Å². The molecule has 0 saturated heterocycles. The molecule has 0 amide bonds. The van der Waals surface area contributed by atoms with E-state index in [0.29, 0.717) is 0 Å². The standard InChI is InChI=1S/C15H22N4S/c1-5-6-13-14(16-4)18-9-19-15(13)17-8-12-7-10(2)11(3)20-12/h7,9H,5-6,8H2,1-4H3,(H2,16,17,18,19). The summed E-state index contributed by atoms with van der Waals surface area (Å²) in [6, 6.07) is 2.24. The van der Waals surface area contributed by atoms with E-state index >= 15 is 0 Å². The van der Waals surface area contributed by atoms with Crippen molar-refractivity contribution in [3.05, 3.63) is 33.3 Å². The van der Waals surface area contributed by atoms with Crippen molar-refractivity contribution >= 4 is 23.0 Å². The van der Waals surface area contributed by atoms with E-state index < -0.39 is 0 Å². The van der Waals surface area contributed by atoms with Gasteiger partial charge >= 0.3 is 0 Å². The van der Waals surface area contributed by atoms with Crippen LogP contribution < -0.4 is 10.6 Å². The summed E-state index contributed by atoms with van der Waals surface area (Å²) in [7, 11) is 1.90. The van der Waals surface area contributed by atoms with Crippen LogP contribution in [-0.2, 0) is 13.0 Å². The van der Waals surface area contributed by atoms with Gasteiger partial charge in [-0.05, 0) is 31.9 Å². The second kappa shape index (κ2) is 6.70. The van der Waals surface area contributed by atoms with Crippen LogP contribution in [0.25, 0.3) is 0 Å². The van der Waals surface area contributed by atoms with Gasteiger partial charge in [0.25, 0.3) is 0 Å². The average Bonchev–Trinajstić information content (AvgIpc) is 2.77. The molecular weight excluding hydrogens is 268 g/mol. The fourth-order valence-corrected chi connectivity index (χ4v) is 3.17. The summed E-state index contributed by atoms with van der Waals surface area (Å²) in [6.07, 6.45) is 3.66. The van der Waals surface area contributed by atoms with Crippen LogP contribution in [0.1, 0.15) is 34.2 Å². The Morgan fingerprint density at radius 1 is 1.20 bits per heavy atom. The summed E-state index contributed by atoms with van der Waals surface area (Å²) in [4.78, 5) is 11.4. The zero-order valence-corrected chi connectivity index (χ0v) is 13.4. The Bertz CT molecular complexity index is 558.